The summed E-state index contributed by atoms with van der Waals surface area (Å²) >= 11 is 0. The van der Waals surface area contributed by atoms with Crippen molar-refractivity contribution in [1.82, 2.24) is 15.1 Å². The summed E-state index contributed by atoms with van der Waals surface area (Å²) in [6, 6.07) is -0.591. The van der Waals surface area contributed by atoms with Gasteiger partial charge in [0.15, 0.2) is 0 Å². The van der Waals surface area contributed by atoms with Gasteiger partial charge in [-0.15, -0.1) is 0 Å². The highest BCUT2D eigenvalue weighted by Gasteiger charge is 2.32. The van der Waals surface area contributed by atoms with Crippen LogP contribution in [0, 0.1) is 5.41 Å². The number of halogens is 3. The van der Waals surface area contributed by atoms with Crippen LogP contribution in [0.3, 0.4) is 0 Å². The second kappa shape index (κ2) is 7.81. The van der Waals surface area contributed by atoms with Crippen LogP contribution in [-0.2, 0) is 4.79 Å². The Bertz CT molecular complexity index is 388. The highest BCUT2D eigenvalue weighted by atomic mass is 19.4. The van der Waals surface area contributed by atoms with Gasteiger partial charge in [0.1, 0.15) is 6.54 Å². The number of carbonyl (C=O) groups is 1. The largest absolute Gasteiger partial charge is 0.405 e. The van der Waals surface area contributed by atoms with Gasteiger partial charge in [0.05, 0.1) is 12.1 Å². The van der Waals surface area contributed by atoms with Crippen LogP contribution in [0.25, 0.3) is 0 Å². The molecule has 2 atom stereocenters. The molecule has 1 amide bonds. The standard InChI is InChI=1S/C15H28F3N3O2/c1-11(13(23)19-10-15(16,17)18)21-7-5-20(6-8-21)9-12(22)14(2,3)4/h11-12,22H,5-10H2,1-4H3,(H,19,23)/t11-,12-/m0/s1. The molecule has 5 nitrogen and oxygen atoms in total. The quantitative estimate of drug-likeness (QED) is 0.787. The van der Waals surface area contributed by atoms with E-state index in [4.69, 9.17) is 0 Å². The molecule has 0 aromatic heterocycles. The van der Waals surface area contributed by atoms with Crippen molar-refractivity contribution in [3.8, 4) is 0 Å². The molecule has 23 heavy (non-hydrogen) atoms. The summed E-state index contributed by atoms with van der Waals surface area (Å²) < 4.78 is 36.4. The molecule has 0 aromatic carbocycles. The molecule has 136 valence electrons. The first-order valence-corrected chi connectivity index (χ1v) is 7.89. The number of alkyl halides is 3. The molecular formula is C15H28F3N3O2. The van der Waals surface area contributed by atoms with Crippen molar-refractivity contribution in [2.75, 3.05) is 39.3 Å². The monoisotopic (exact) mass is 339 g/mol. The third-order valence-electron chi connectivity index (χ3n) is 4.23. The second-order valence-electron chi connectivity index (χ2n) is 7.23. The maximum absolute atomic E-state index is 12.1. The molecule has 1 saturated heterocycles. The van der Waals surface area contributed by atoms with Crippen LogP contribution in [0.2, 0.25) is 0 Å². The molecule has 0 unspecified atom stereocenters. The van der Waals surface area contributed by atoms with Crippen LogP contribution in [-0.4, -0.2) is 78.4 Å². The number of nitrogens with zero attached hydrogens (tertiary/aromatic N) is 2. The molecule has 0 aromatic rings. The first-order chi connectivity index (χ1) is 10.4. The fourth-order valence-corrected chi connectivity index (χ4v) is 2.35. The molecule has 2 N–H and O–H groups in total. The van der Waals surface area contributed by atoms with Crippen molar-refractivity contribution in [3.63, 3.8) is 0 Å². The predicted molar refractivity (Wildman–Crippen MR) is 82.0 cm³/mol. The molecule has 1 aliphatic rings. The average Bonchev–Trinajstić information content (AvgIpc) is 2.43. The highest BCUT2D eigenvalue weighted by molar-refractivity contribution is 5.81. The highest BCUT2D eigenvalue weighted by Crippen LogP contribution is 2.20. The van der Waals surface area contributed by atoms with E-state index in [9.17, 15) is 23.1 Å². The fraction of sp³-hybridized carbons (Fsp3) is 0.933. The molecule has 0 saturated carbocycles. The van der Waals surface area contributed by atoms with Crippen molar-refractivity contribution < 1.29 is 23.1 Å². The van der Waals surface area contributed by atoms with Crippen LogP contribution in [0.4, 0.5) is 13.2 Å². The average molecular weight is 339 g/mol. The number of piperazine rings is 1. The maximum Gasteiger partial charge on any atom is 0.405 e. The molecule has 0 aliphatic carbocycles. The third-order valence-corrected chi connectivity index (χ3v) is 4.23. The molecule has 1 rings (SSSR count). The van der Waals surface area contributed by atoms with Crippen LogP contribution >= 0.6 is 0 Å². The Labute approximate surface area is 135 Å². The summed E-state index contributed by atoms with van der Waals surface area (Å²) in [5.74, 6) is -0.606. The minimum absolute atomic E-state index is 0.193. The first-order valence-electron chi connectivity index (χ1n) is 7.89. The number of hydrogen-bond acceptors (Lipinski definition) is 4. The van der Waals surface area contributed by atoms with Crippen LogP contribution < -0.4 is 5.32 Å². The first kappa shape index (κ1) is 20.2. The Morgan fingerprint density at radius 3 is 2.13 bits per heavy atom. The summed E-state index contributed by atoms with van der Waals surface area (Å²) in [6.45, 7) is 9.36. The number of amides is 1. The van der Waals surface area contributed by atoms with Gasteiger partial charge in [-0.3, -0.25) is 14.6 Å². The minimum atomic E-state index is -4.39. The van der Waals surface area contributed by atoms with Gasteiger partial charge in [0.25, 0.3) is 0 Å². The van der Waals surface area contributed by atoms with E-state index in [2.05, 4.69) is 4.90 Å². The van der Waals surface area contributed by atoms with Crippen LogP contribution in [0.1, 0.15) is 27.7 Å². The Morgan fingerprint density at radius 2 is 1.70 bits per heavy atom. The molecule has 1 fully saturated rings. The number of β-amino-alcohol motifs (C(OH)–C–C–N with tert-alkyl or cyclic N) is 1. The lowest BCUT2D eigenvalue weighted by atomic mass is 9.89. The molecule has 0 radical (unpaired) electrons. The molecule has 0 spiro atoms. The minimum Gasteiger partial charge on any atom is -0.391 e. The number of aliphatic hydroxyl groups excluding tert-OH is 1. The van der Waals surface area contributed by atoms with Gasteiger partial charge in [-0.2, -0.15) is 13.2 Å². The number of aliphatic hydroxyl groups is 1. The SMILES string of the molecule is C[C@@H](C(=O)NCC(F)(F)F)N1CCN(C[C@H](O)C(C)(C)C)CC1. The van der Waals surface area contributed by atoms with E-state index in [1.807, 2.05) is 31.0 Å². The van der Waals surface area contributed by atoms with E-state index in [0.717, 1.165) is 0 Å². The van der Waals surface area contributed by atoms with E-state index >= 15 is 0 Å². The lowest BCUT2D eigenvalue weighted by Gasteiger charge is -2.39. The molecular weight excluding hydrogens is 311 g/mol. The fourth-order valence-electron chi connectivity index (χ4n) is 2.35. The zero-order valence-corrected chi connectivity index (χ0v) is 14.3. The molecule has 1 heterocycles. The maximum atomic E-state index is 12.1. The predicted octanol–water partition coefficient (Wildman–Crippen LogP) is 1.08. The Hall–Kier alpha value is -0.860. The zero-order chi connectivity index (χ0) is 17.8. The molecule has 8 heteroatoms. The third kappa shape index (κ3) is 7.05. The number of nitrogens with one attached hydrogen (secondary N) is 1. The van der Waals surface area contributed by atoms with Gasteiger partial charge >= 0.3 is 6.18 Å². The zero-order valence-electron chi connectivity index (χ0n) is 14.3. The van der Waals surface area contributed by atoms with Crippen LogP contribution in [0.15, 0.2) is 0 Å². The van der Waals surface area contributed by atoms with Crippen molar-refractivity contribution >= 4 is 5.91 Å². The van der Waals surface area contributed by atoms with E-state index < -0.39 is 30.8 Å². The smallest absolute Gasteiger partial charge is 0.391 e. The lowest BCUT2D eigenvalue weighted by Crippen LogP contribution is -2.56. The van der Waals surface area contributed by atoms with Gasteiger partial charge in [-0.25, -0.2) is 0 Å². The van der Waals surface area contributed by atoms with E-state index in [-0.39, 0.29) is 5.41 Å². The lowest BCUT2D eigenvalue weighted by molar-refractivity contribution is -0.141. The summed E-state index contributed by atoms with van der Waals surface area (Å²) in [5.41, 5.74) is -0.193. The number of carbonyl (C=O) groups excluding carboxylic acids is 1. The van der Waals surface area contributed by atoms with Crippen molar-refractivity contribution in [3.05, 3.63) is 0 Å². The van der Waals surface area contributed by atoms with Gasteiger partial charge in [0, 0.05) is 32.7 Å². The Balaban J connectivity index is 2.39. The number of rotatable bonds is 5. The van der Waals surface area contributed by atoms with Gasteiger partial charge in [0.2, 0.25) is 5.91 Å². The van der Waals surface area contributed by atoms with E-state index in [1.165, 1.54) is 0 Å². The van der Waals surface area contributed by atoms with Crippen molar-refractivity contribution in [2.45, 2.75) is 46.0 Å². The van der Waals surface area contributed by atoms with E-state index in [0.29, 0.717) is 32.7 Å². The second-order valence-corrected chi connectivity index (χ2v) is 7.23. The topological polar surface area (TPSA) is 55.8 Å². The summed E-state index contributed by atoms with van der Waals surface area (Å²) in [6.07, 6.45) is -4.83. The van der Waals surface area contributed by atoms with E-state index in [1.54, 1.807) is 6.92 Å². The van der Waals surface area contributed by atoms with Gasteiger partial charge in [-0.1, -0.05) is 20.8 Å². The summed E-state index contributed by atoms with van der Waals surface area (Å²) in [7, 11) is 0. The number of hydrogen-bond donors (Lipinski definition) is 2. The van der Waals surface area contributed by atoms with Gasteiger partial charge in [-0.05, 0) is 12.3 Å². The summed E-state index contributed by atoms with van der Waals surface area (Å²) in [5, 5.41) is 12.0. The Morgan fingerprint density at radius 1 is 1.17 bits per heavy atom. The van der Waals surface area contributed by atoms with Crippen molar-refractivity contribution in [2.24, 2.45) is 5.41 Å². The van der Waals surface area contributed by atoms with Gasteiger partial charge < -0.3 is 10.4 Å². The molecule has 0 bridgehead atoms. The Kier molecular flexibility index (Phi) is 6.85. The molecule has 1 aliphatic heterocycles. The summed E-state index contributed by atoms with van der Waals surface area (Å²) in [4.78, 5) is 15.8. The normalized spacial score (nSPS) is 21.0. The van der Waals surface area contributed by atoms with Crippen LogP contribution in [0.5, 0.6) is 0 Å². The van der Waals surface area contributed by atoms with Crippen molar-refractivity contribution in [1.29, 1.82) is 0 Å².